The Labute approximate surface area is 113 Å². The summed E-state index contributed by atoms with van der Waals surface area (Å²) in [5.41, 5.74) is 2.20. The first-order valence-electron chi connectivity index (χ1n) is 6.42. The fourth-order valence-corrected chi connectivity index (χ4v) is 2.09. The van der Waals surface area contributed by atoms with Crippen LogP contribution in [0.2, 0.25) is 0 Å². The quantitative estimate of drug-likeness (QED) is 0.841. The van der Waals surface area contributed by atoms with E-state index < -0.39 is 6.23 Å². The third-order valence-corrected chi connectivity index (χ3v) is 3.33. The molecule has 1 atom stereocenters. The highest BCUT2D eigenvalue weighted by Gasteiger charge is 2.26. The molecule has 0 fully saturated rings. The van der Waals surface area contributed by atoms with Gasteiger partial charge in [-0.3, -0.25) is 4.79 Å². The predicted molar refractivity (Wildman–Crippen MR) is 76.6 cm³/mol. The minimum absolute atomic E-state index is 0.0559. The second kappa shape index (κ2) is 4.78. The summed E-state index contributed by atoms with van der Waals surface area (Å²) < 4.78 is 0. The standard InChI is InChI=1S/C15H20N2O2/c1-10-16-14(19)13(18)9-17(10)12-7-5-6-11(8-12)15(2,3)4/h5-8,14,19H,9H2,1-4H3. The molecule has 0 spiro atoms. The zero-order chi connectivity index (χ0) is 14.2. The first kappa shape index (κ1) is 13.7. The van der Waals surface area contributed by atoms with Crippen LogP contribution in [0.1, 0.15) is 33.3 Å². The summed E-state index contributed by atoms with van der Waals surface area (Å²) in [5, 5.41) is 9.43. The monoisotopic (exact) mass is 260 g/mol. The minimum atomic E-state index is -1.21. The SMILES string of the molecule is CC1=NC(O)C(=O)CN1c1cccc(C(C)(C)C)c1. The van der Waals surface area contributed by atoms with E-state index in [0.717, 1.165) is 5.69 Å². The topological polar surface area (TPSA) is 52.9 Å². The number of hydrogen-bond donors (Lipinski definition) is 1. The number of aliphatic hydroxyl groups is 1. The highest BCUT2D eigenvalue weighted by Crippen LogP contribution is 2.27. The number of aliphatic hydroxyl groups excluding tert-OH is 1. The Bertz CT molecular complexity index is 529. The van der Waals surface area contributed by atoms with Crippen LogP contribution in [0.4, 0.5) is 5.69 Å². The van der Waals surface area contributed by atoms with Crippen molar-refractivity contribution in [2.24, 2.45) is 4.99 Å². The van der Waals surface area contributed by atoms with E-state index in [1.54, 1.807) is 6.92 Å². The van der Waals surface area contributed by atoms with Crippen molar-refractivity contribution in [3.05, 3.63) is 29.8 Å². The number of anilines is 1. The van der Waals surface area contributed by atoms with E-state index in [1.165, 1.54) is 5.56 Å². The van der Waals surface area contributed by atoms with Gasteiger partial charge in [0.05, 0.1) is 6.54 Å². The van der Waals surface area contributed by atoms with E-state index in [4.69, 9.17) is 0 Å². The molecule has 0 saturated heterocycles. The fourth-order valence-electron chi connectivity index (χ4n) is 2.09. The molecule has 1 aromatic rings. The molecule has 4 nitrogen and oxygen atoms in total. The van der Waals surface area contributed by atoms with E-state index in [9.17, 15) is 9.90 Å². The molecule has 0 radical (unpaired) electrons. The average molecular weight is 260 g/mol. The van der Waals surface area contributed by atoms with Crippen LogP contribution in [-0.2, 0) is 10.2 Å². The number of rotatable bonds is 1. The third kappa shape index (κ3) is 2.84. The maximum Gasteiger partial charge on any atom is 0.208 e. The number of amidine groups is 1. The molecule has 1 aliphatic rings. The molecule has 0 bridgehead atoms. The number of benzene rings is 1. The van der Waals surface area contributed by atoms with Gasteiger partial charge in [0.2, 0.25) is 12.0 Å². The van der Waals surface area contributed by atoms with Crippen LogP contribution in [0, 0.1) is 0 Å². The smallest absolute Gasteiger partial charge is 0.208 e. The van der Waals surface area contributed by atoms with Gasteiger partial charge in [-0.2, -0.15) is 0 Å². The Kier molecular flexibility index (Phi) is 3.45. The van der Waals surface area contributed by atoms with Gasteiger partial charge < -0.3 is 10.0 Å². The van der Waals surface area contributed by atoms with Gasteiger partial charge in [-0.15, -0.1) is 0 Å². The number of ketones is 1. The van der Waals surface area contributed by atoms with Gasteiger partial charge in [-0.25, -0.2) is 4.99 Å². The molecular weight excluding hydrogens is 240 g/mol. The second-order valence-electron chi connectivity index (χ2n) is 5.90. The van der Waals surface area contributed by atoms with Crippen LogP contribution in [0.25, 0.3) is 0 Å². The van der Waals surface area contributed by atoms with Gasteiger partial charge in [0.25, 0.3) is 0 Å². The maximum absolute atomic E-state index is 11.6. The maximum atomic E-state index is 11.6. The molecule has 0 amide bonds. The molecule has 1 N–H and O–H groups in total. The highest BCUT2D eigenvalue weighted by molar-refractivity contribution is 6.06. The van der Waals surface area contributed by atoms with E-state index in [2.05, 4.69) is 37.9 Å². The van der Waals surface area contributed by atoms with Crippen molar-refractivity contribution in [2.75, 3.05) is 11.4 Å². The summed E-state index contributed by atoms with van der Waals surface area (Å²) in [6.07, 6.45) is -1.21. The number of carbonyl (C=O) groups excluding carboxylic acids is 1. The number of hydrogen-bond acceptors (Lipinski definition) is 4. The molecule has 102 valence electrons. The summed E-state index contributed by atoms with van der Waals surface area (Å²) in [6, 6.07) is 8.10. The summed E-state index contributed by atoms with van der Waals surface area (Å²) in [4.78, 5) is 17.4. The Morgan fingerprint density at radius 2 is 2.05 bits per heavy atom. The van der Waals surface area contributed by atoms with Gasteiger partial charge in [-0.05, 0) is 30.0 Å². The zero-order valence-corrected chi connectivity index (χ0v) is 11.8. The molecule has 1 aliphatic heterocycles. The van der Waals surface area contributed by atoms with E-state index >= 15 is 0 Å². The average Bonchev–Trinajstić information content (AvgIpc) is 2.33. The predicted octanol–water partition coefficient (Wildman–Crippen LogP) is 2.11. The lowest BCUT2D eigenvalue weighted by atomic mass is 9.87. The summed E-state index contributed by atoms with van der Waals surface area (Å²) in [5.74, 6) is 0.393. The van der Waals surface area contributed by atoms with E-state index in [0.29, 0.717) is 5.84 Å². The van der Waals surface area contributed by atoms with Crippen molar-refractivity contribution < 1.29 is 9.90 Å². The number of carbonyl (C=O) groups is 1. The van der Waals surface area contributed by atoms with Crippen molar-refractivity contribution in [3.63, 3.8) is 0 Å². The lowest BCUT2D eigenvalue weighted by Gasteiger charge is -2.30. The largest absolute Gasteiger partial charge is 0.366 e. The second-order valence-corrected chi connectivity index (χ2v) is 5.90. The first-order valence-corrected chi connectivity index (χ1v) is 6.42. The van der Waals surface area contributed by atoms with Gasteiger partial charge in [0.15, 0.2) is 0 Å². The normalized spacial score (nSPS) is 20.5. The van der Waals surface area contributed by atoms with Crippen LogP contribution in [-0.4, -0.2) is 29.5 Å². The molecule has 19 heavy (non-hydrogen) atoms. The van der Waals surface area contributed by atoms with Crippen LogP contribution >= 0.6 is 0 Å². The van der Waals surface area contributed by atoms with Crippen molar-refractivity contribution in [3.8, 4) is 0 Å². The van der Waals surface area contributed by atoms with Crippen molar-refractivity contribution in [1.82, 2.24) is 0 Å². The molecule has 1 unspecified atom stereocenters. The summed E-state index contributed by atoms with van der Waals surface area (Å²) in [6.45, 7) is 8.43. The Morgan fingerprint density at radius 3 is 2.68 bits per heavy atom. The highest BCUT2D eigenvalue weighted by atomic mass is 16.3. The zero-order valence-electron chi connectivity index (χ0n) is 11.8. The Hall–Kier alpha value is -1.68. The van der Waals surface area contributed by atoms with Crippen molar-refractivity contribution in [1.29, 1.82) is 0 Å². The number of nitrogens with zero attached hydrogens (tertiary/aromatic N) is 2. The number of aliphatic imine (C=N–C) groups is 1. The van der Waals surface area contributed by atoms with E-state index in [-0.39, 0.29) is 17.7 Å². The first-order chi connectivity index (χ1) is 8.79. The molecule has 0 aromatic heterocycles. The lowest BCUT2D eigenvalue weighted by molar-refractivity contribution is -0.125. The Morgan fingerprint density at radius 1 is 1.37 bits per heavy atom. The van der Waals surface area contributed by atoms with Crippen LogP contribution in [0.3, 0.4) is 0 Å². The third-order valence-electron chi connectivity index (χ3n) is 3.33. The van der Waals surface area contributed by atoms with E-state index in [1.807, 2.05) is 17.0 Å². The van der Waals surface area contributed by atoms with Gasteiger partial charge >= 0.3 is 0 Å². The molecule has 0 aliphatic carbocycles. The molecule has 0 saturated carbocycles. The summed E-state index contributed by atoms with van der Waals surface area (Å²) >= 11 is 0. The van der Waals surface area contributed by atoms with Crippen LogP contribution in [0.5, 0.6) is 0 Å². The van der Waals surface area contributed by atoms with Crippen molar-refractivity contribution in [2.45, 2.75) is 39.3 Å². The molecule has 4 heteroatoms. The van der Waals surface area contributed by atoms with Crippen LogP contribution in [0.15, 0.2) is 29.3 Å². The lowest BCUT2D eigenvalue weighted by Crippen LogP contribution is -2.43. The number of Topliss-reactive ketones (excluding diaryl/α,β-unsaturated/α-hetero) is 1. The minimum Gasteiger partial charge on any atom is -0.366 e. The fraction of sp³-hybridized carbons (Fsp3) is 0.467. The Balaban J connectivity index is 2.38. The van der Waals surface area contributed by atoms with Gasteiger partial charge in [0.1, 0.15) is 5.84 Å². The molecular formula is C15H20N2O2. The molecule has 1 heterocycles. The van der Waals surface area contributed by atoms with Crippen LogP contribution < -0.4 is 4.90 Å². The summed E-state index contributed by atoms with van der Waals surface area (Å²) in [7, 11) is 0. The van der Waals surface area contributed by atoms with Crippen molar-refractivity contribution >= 4 is 17.3 Å². The molecule has 1 aromatic carbocycles. The van der Waals surface area contributed by atoms with Gasteiger partial charge in [0, 0.05) is 5.69 Å². The van der Waals surface area contributed by atoms with Gasteiger partial charge in [-0.1, -0.05) is 32.9 Å². The molecule has 2 rings (SSSR count).